The highest BCUT2D eigenvalue weighted by Gasteiger charge is 2.36. The van der Waals surface area contributed by atoms with E-state index in [2.05, 4.69) is 15.0 Å². The zero-order valence-corrected chi connectivity index (χ0v) is 19.9. The van der Waals surface area contributed by atoms with E-state index in [1.807, 2.05) is 18.2 Å². The van der Waals surface area contributed by atoms with Crippen molar-refractivity contribution in [1.82, 2.24) is 19.5 Å². The van der Waals surface area contributed by atoms with Crippen molar-refractivity contribution in [2.45, 2.75) is 6.18 Å². The standard InChI is InChI=1S/C25H21ClF3N5O2/c1-36-19-7-5-16(6-8-19)20-14-22(25(27,28)29)34-23(30-20)15-21(31-34)24(35)33-11-9-32(10-12-33)18-4-2-3-17(26)13-18/h2-8,13-15H,9-12H2,1H3. The summed E-state index contributed by atoms with van der Waals surface area (Å²) in [4.78, 5) is 21.2. The van der Waals surface area contributed by atoms with E-state index in [1.165, 1.54) is 13.2 Å². The van der Waals surface area contributed by atoms with Crippen LogP contribution in [0.2, 0.25) is 5.02 Å². The van der Waals surface area contributed by atoms with Gasteiger partial charge in [-0.3, -0.25) is 4.79 Å². The summed E-state index contributed by atoms with van der Waals surface area (Å²) in [7, 11) is 1.50. The Labute approximate surface area is 209 Å². The van der Waals surface area contributed by atoms with Gasteiger partial charge in [0.2, 0.25) is 0 Å². The van der Waals surface area contributed by atoms with Crippen molar-refractivity contribution in [1.29, 1.82) is 0 Å². The molecule has 1 aliphatic heterocycles. The van der Waals surface area contributed by atoms with Crippen molar-refractivity contribution in [3.05, 3.63) is 77.1 Å². The molecule has 1 saturated heterocycles. The second-order valence-electron chi connectivity index (χ2n) is 8.31. The van der Waals surface area contributed by atoms with Crippen LogP contribution in [0.5, 0.6) is 5.75 Å². The van der Waals surface area contributed by atoms with Gasteiger partial charge >= 0.3 is 6.18 Å². The first kappa shape index (κ1) is 23.9. The molecule has 0 saturated carbocycles. The number of hydrogen-bond donors (Lipinski definition) is 0. The number of carbonyl (C=O) groups excluding carboxylic acids is 1. The Hall–Kier alpha value is -3.79. The average molecular weight is 516 g/mol. The highest BCUT2D eigenvalue weighted by atomic mass is 35.5. The normalized spacial score (nSPS) is 14.4. The number of benzene rings is 2. The van der Waals surface area contributed by atoms with Gasteiger partial charge in [0.05, 0.1) is 12.8 Å². The molecular weight excluding hydrogens is 495 g/mol. The van der Waals surface area contributed by atoms with Gasteiger partial charge in [0.1, 0.15) is 5.75 Å². The lowest BCUT2D eigenvalue weighted by Gasteiger charge is -2.35. The highest BCUT2D eigenvalue weighted by Crippen LogP contribution is 2.33. The zero-order valence-electron chi connectivity index (χ0n) is 19.2. The van der Waals surface area contributed by atoms with Crippen LogP contribution in [-0.2, 0) is 6.18 Å². The minimum absolute atomic E-state index is 0.0587. The number of amides is 1. The van der Waals surface area contributed by atoms with Gasteiger partial charge in [0.25, 0.3) is 5.91 Å². The lowest BCUT2D eigenvalue weighted by Crippen LogP contribution is -2.48. The van der Waals surface area contributed by atoms with Crippen LogP contribution in [0.25, 0.3) is 16.9 Å². The van der Waals surface area contributed by atoms with Gasteiger partial charge in [0, 0.05) is 48.5 Å². The fourth-order valence-corrected chi connectivity index (χ4v) is 4.38. The third-order valence-electron chi connectivity index (χ3n) is 6.06. The molecule has 186 valence electrons. The van der Waals surface area contributed by atoms with E-state index in [4.69, 9.17) is 16.3 Å². The van der Waals surface area contributed by atoms with E-state index >= 15 is 0 Å². The third kappa shape index (κ3) is 4.68. The SMILES string of the molecule is COc1ccc(-c2cc(C(F)(F)F)n3nc(C(=O)N4CCN(c5cccc(Cl)c5)CC4)cc3n2)cc1. The van der Waals surface area contributed by atoms with Crippen LogP contribution in [0, 0.1) is 0 Å². The Morgan fingerprint density at radius 2 is 1.72 bits per heavy atom. The largest absolute Gasteiger partial charge is 0.497 e. The second-order valence-corrected chi connectivity index (χ2v) is 8.75. The van der Waals surface area contributed by atoms with Gasteiger partial charge in [-0.25, -0.2) is 9.50 Å². The quantitative estimate of drug-likeness (QED) is 0.381. The Bertz CT molecular complexity index is 1410. The molecule has 1 amide bonds. The zero-order chi connectivity index (χ0) is 25.4. The van der Waals surface area contributed by atoms with Crippen LogP contribution in [0.15, 0.2) is 60.7 Å². The van der Waals surface area contributed by atoms with Crippen molar-refractivity contribution in [2.24, 2.45) is 0 Å². The molecule has 3 heterocycles. The van der Waals surface area contributed by atoms with Crippen LogP contribution in [-0.4, -0.2) is 58.7 Å². The summed E-state index contributed by atoms with van der Waals surface area (Å²) in [5, 5.41) is 4.62. The molecule has 5 rings (SSSR count). The summed E-state index contributed by atoms with van der Waals surface area (Å²) in [6.07, 6.45) is -4.70. The number of methoxy groups -OCH3 is 1. The van der Waals surface area contributed by atoms with Crippen molar-refractivity contribution < 1.29 is 22.7 Å². The number of piperazine rings is 1. The summed E-state index contributed by atoms with van der Waals surface area (Å²) < 4.78 is 47.5. The number of nitrogens with zero attached hydrogens (tertiary/aromatic N) is 5. The predicted octanol–water partition coefficient (Wildman–Crippen LogP) is 5.04. The van der Waals surface area contributed by atoms with Gasteiger partial charge in [-0.1, -0.05) is 17.7 Å². The van der Waals surface area contributed by atoms with E-state index in [0.717, 1.165) is 11.8 Å². The molecule has 11 heteroatoms. The number of halogens is 4. The average Bonchev–Trinajstić information content (AvgIpc) is 3.31. The van der Waals surface area contributed by atoms with Crippen molar-refractivity contribution in [3.8, 4) is 17.0 Å². The molecule has 0 spiro atoms. The molecular formula is C25H21ClF3N5O2. The number of rotatable bonds is 4. The van der Waals surface area contributed by atoms with Gasteiger partial charge in [-0.15, -0.1) is 0 Å². The van der Waals surface area contributed by atoms with E-state index in [0.29, 0.717) is 47.0 Å². The number of hydrogen-bond acceptors (Lipinski definition) is 5. The Morgan fingerprint density at radius 1 is 1.00 bits per heavy atom. The molecule has 2 aromatic heterocycles. The second kappa shape index (κ2) is 9.34. The van der Waals surface area contributed by atoms with Crippen LogP contribution in [0.3, 0.4) is 0 Å². The van der Waals surface area contributed by atoms with Crippen LogP contribution in [0.4, 0.5) is 18.9 Å². The minimum Gasteiger partial charge on any atom is -0.497 e. The lowest BCUT2D eigenvalue weighted by molar-refractivity contribution is -0.142. The number of anilines is 1. The van der Waals surface area contributed by atoms with Gasteiger partial charge < -0.3 is 14.5 Å². The first-order valence-corrected chi connectivity index (χ1v) is 11.5. The molecule has 0 N–H and O–H groups in total. The molecule has 2 aromatic carbocycles. The Kier molecular flexibility index (Phi) is 6.21. The van der Waals surface area contributed by atoms with E-state index < -0.39 is 17.8 Å². The number of aromatic nitrogens is 3. The van der Waals surface area contributed by atoms with Crippen LogP contribution >= 0.6 is 11.6 Å². The van der Waals surface area contributed by atoms with Crippen LogP contribution < -0.4 is 9.64 Å². The van der Waals surface area contributed by atoms with Crippen molar-refractivity contribution in [2.75, 3.05) is 38.2 Å². The first-order valence-electron chi connectivity index (χ1n) is 11.2. The summed E-state index contributed by atoms with van der Waals surface area (Å²) in [5.41, 5.74) is 0.393. The fourth-order valence-electron chi connectivity index (χ4n) is 4.19. The molecule has 4 aromatic rings. The van der Waals surface area contributed by atoms with Gasteiger partial charge in [-0.05, 0) is 48.5 Å². The van der Waals surface area contributed by atoms with Gasteiger partial charge in [-0.2, -0.15) is 18.3 Å². The number of ether oxygens (including phenoxy) is 1. The van der Waals surface area contributed by atoms with Crippen LogP contribution in [0.1, 0.15) is 16.2 Å². The maximum absolute atomic E-state index is 13.9. The van der Waals surface area contributed by atoms with Crippen molar-refractivity contribution >= 4 is 28.8 Å². The lowest BCUT2D eigenvalue weighted by atomic mass is 10.1. The molecule has 1 aliphatic rings. The fraction of sp³-hybridized carbons (Fsp3) is 0.240. The van der Waals surface area contributed by atoms with Gasteiger partial charge in [0.15, 0.2) is 17.0 Å². The monoisotopic (exact) mass is 515 g/mol. The number of alkyl halides is 3. The maximum Gasteiger partial charge on any atom is 0.433 e. The highest BCUT2D eigenvalue weighted by molar-refractivity contribution is 6.30. The third-order valence-corrected chi connectivity index (χ3v) is 6.30. The molecule has 0 bridgehead atoms. The molecule has 0 atom stereocenters. The summed E-state index contributed by atoms with van der Waals surface area (Å²) in [5.74, 6) is 0.133. The number of fused-ring (bicyclic) bond motifs is 1. The summed E-state index contributed by atoms with van der Waals surface area (Å²) in [6, 6.07) is 16.2. The topological polar surface area (TPSA) is 63.0 Å². The molecule has 0 aliphatic carbocycles. The molecule has 1 fully saturated rings. The Balaban J connectivity index is 1.42. The van der Waals surface area contributed by atoms with E-state index in [9.17, 15) is 18.0 Å². The molecule has 7 nitrogen and oxygen atoms in total. The minimum atomic E-state index is -4.70. The smallest absolute Gasteiger partial charge is 0.433 e. The summed E-state index contributed by atoms with van der Waals surface area (Å²) in [6.45, 7) is 1.92. The van der Waals surface area contributed by atoms with E-state index in [-0.39, 0.29) is 17.0 Å². The number of carbonyl (C=O) groups is 1. The van der Waals surface area contributed by atoms with Crippen molar-refractivity contribution in [3.63, 3.8) is 0 Å². The Morgan fingerprint density at radius 3 is 2.36 bits per heavy atom. The molecule has 36 heavy (non-hydrogen) atoms. The summed E-state index contributed by atoms with van der Waals surface area (Å²) >= 11 is 6.08. The maximum atomic E-state index is 13.9. The van der Waals surface area contributed by atoms with E-state index in [1.54, 1.807) is 35.2 Å². The molecule has 0 unspecified atom stereocenters. The first-order chi connectivity index (χ1) is 17.2. The molecule has 0 radical (unpaired) electrons. The predicted molar refractivity (Wildman–Crippen MR) is 130 cm³/mol.